The Bertz CT molecular complexity index is 654. The summed E-state index contributed by atoms with van der Waals surface area (Å²) in [4.78, 5) is 12.2. The molecule has 0 bridgehead atoms. The summed E-state index contributed by atoms with van der Waals surface area (Å²) in [5.74, 6) is 0.533. The number of carbonyl (C=O) groups is 1. The third-order valence-electron chi connectivity index (χ3n) is 12.6. The highest BCUT2D eigenvalue weighted by molar-refractivity contribution is 5.78. The summed E-state index contributed by atoms with van der Waals surface area (Å²) in [6, 6.07) is 0. The topological polar surface area (TPSA) is 17.1 Å². The number of hydrogen-bond acceptors (Lipinski definition) is 1. The van der Waals surface area contributed by atoms with Gasteiger partial charge in [-0.15, -0.1) is 0 Å². The summed E-state index contributed by atoms with van der Waals surface area (Å²) in [6.45, 7) is 4.61. The molecule has 0 aromatic carbocycles. The normalized spacial score (nSPS) is 11.6. The molecule has 0 fully saturated rings. The van der Waals surface area contributed by atoms with E-state index in [4.69, 9.17) is 0 Å². The molecule has 0 aromatic rings. The fraction of sp³-hybridized carbons (Fsp3) is 0.981. The van der Waals surface area contributed by atoms with Gasteiger partial charge in [-0.25, -0.2) is 0 Å². The number of rotatable bonds is 50. The summed E-state index contributed by atoms with van der Waals surface area (Å²) in [7, 11) is 0. The molecule has 0 rings (SSSR count). The van der Waals surface area contributed by atoms with E-state index in [1.165, 1.54) is 295 Å². The second kappa shape index (κ2) is 50.7. The van der Waals surface area contributed by atoms with Gasteiger partial charge in [0.15, 0.2) is 0 Å². The van der Waals surface area contributed by atoms with Gasteiger partial charge < -0.3 is 0 Å². The van der Waals surface area contributed by atoms with Crippen LogP contribution in [0.2, 0.25) is 0 Å². The molecule has 0 aliphatic rings. The van der Waals surface area contributed by atoms with Gasteiger partial charge >= 0.3 is 0 Å². The van der Waals surface area contributed by atoms with Crippen molar-refractivity contribution in [2.45, 2.75) is 335 Å². The van der Waals surface area contributed by atoms with Gasteiger partial charge in [0.05, 0.1) is 0 Å². The molecule has 324 valence electrons. The van der Waals surface area contributed by atoms with Crippen molar-refractivity contribution in [3.63, 3.8) is 0 Å². The maximum atomic E-state index is 12.2. The Hall–Kier alpha value is -0.330. The third kappa shape index (κ3) is 49.7. The summed E-state index contributed by atoms with van der Waals surface area (Å²) < 4.78 is 0. The quantitative estimate of drug-likeness (QED) is 0.0565. The Labute approximate surface area is 344 Å². The van der Waals surface area contributed by atoms with Crippen molar-refractivity contribution in [3.05, 3.63) is 0 Å². The van der Waals surface area contributed by atoms with Gasteiger partial charge in [-0.3, -0.25) is 4.79 Å². The number of unbranched alkanes of at least 4 members (excludes halogenated alkanes) is 46. The van der Waals surface area contributed by atoms with Gasteiger partial charge in [-0.2, -0.15) is 0 Å². The van der Waals surface area contributed by atoms with Gasteiger partial charge in [0.1, 0.15) is 5.78 Å². The molecule has 0 amide bonds. The predicted molar refractivity (Wildman–Crippen MR) is 247 cm³/mol. The Morgan fingerprint density at radius 3 is 0.426 bits per heavy atom. The summed E-state index contributed by atoms with van der Waals surface area (Å²) >= 11 is 0. The smallest absolute Gasteiger partial charge is 0.132 e. The number of hydrogen-bond donors (Lipinski definition) is 0. The molecule has 0 aliphatic carbocycles. The Morgan fingerprint density at radius 2 is 0.296 bits per heavy atom. The van der Waals surface area contributed by atoms with Crippen LogP contribution in [0.1, 0.15) is 335 Å². The fourth-order valence-electron chi connectivity index (χ4n) is 8.69. The van der Waals surface area contributed by atoms with Crippen LogP contribution in [0.3, 0.4) is 0 Å². The standard InChI is InChI=1S/C53H106O/c1-3-5-7-9-11-13-15-17-19-20-21-22-23-24-25-26-27-28-29-30-31-32-33-34-35-36-38-40-42-44-46-48-50-52-53(54)51-49-47-45-43-41-39-37-18-16-14-12-10-8-6-4-2/h3-52H2,1-2H3. The highest BCUT2D eigenvalue weighted by Gasteiger charge is 2.03. The van der Waals surface area contributed by atoms with E-state index in [-0.39, 0.29) is 0 Å². The lowest BCUT2D eigenvalue weighted by atomic mass is 10.0. The highest BCUT2D eigenvalue weighted by atomic mass is 16.1. The van der Waals surface area contributed by atoms with Crippen LogP contribution < -0.4 is 0 Å². The largest absolute Gasteiger partial charge is 0.300 e. The van der Waals surface area contributed by atoms with E-state index in [0.29, 0.717) is 5.78 Å². The molecular weight excluding hydrogens is 653 g/mol. The molecule has 0 spiro atoms. The first-order chi connectivity index (χ1) is 26.8. The summed E-state index contributed by atoms with van der Waals surface area (Å²) in [5, 5.41) is 0. The molecular formula is C53H106O. The molecule has 1 heteroatoms. The van der Waals surface area contributed by atoms with E-state index >= 15 is 0 Å². The van der Waals surface area contributed by atoms with Crippen LogP contribution in [0.4, 0.5) is 0 Å². The Kier molecular flexibility index (Phi) is 50.4. The first-order valence-corrected chi connectivity index (χ1v) is 26.3. The van der Waals surface area contributed by atoms with Crippen molar-refractivity contribution >= 4 is 5.78 Å². The van der Waals surface area contributed by atoms with E-state index in [0.717, 1.165) is 25.7 Å². The molecule has 0 saturated carbocycles. The molecule has 0 radical (unpaired) electrons. The number of Topliss-reactive ketones (excluding diaryl/α,β-unsaturated/α-hetero) is 1. The van der Waals surface area contributed by atoms with Crippen molar-refractivity contribution in [2.24, 2.45) is 0 Å². The van der Waals surface area contributed by atoms with Crippen molar-refractivity contribution < 1.29 is 4.79 Å². The Morgan fingerprint density at radius 1 is 0.185 bits per heavy atom. The minimum absolute atomic E-state index is 0.533. The molecule has 0 heterocycles. The summed E-state index contributed by atoms with van der Waals surface area (Å²) in [5.41, 5.74) is 0. The molecule has 0 aromatic heterocycles. The van der Waals surface area contributed by atoms with Gasteiger partial charge in [0.2, 0.25) is 0 Å². The van der Waals surface area contributed by atoms with E-state index in [9.17, 15) is 4.79 Å². The van der Waals surface area contributed by atoms with Crippen LogP contribution in [0.15, 0.2) is 0 Å². The van der Waals surface area contributed by atoms with Gasteiger partial charge in [-0.05, 0) is 12.8 Å². The van der Waals surface area contributed by atoms with Crippen LogP contribution in [-0.4, -0.2) is 5.78 Å². The molecule has 0 N–H and O–H groups in total. The van der Waals surface area contributed by atoms with Crippen molar-refractivity contribution in [1.82, 2.24) is 0 Å². The second-order valence-corrected chi connectivity index (χ2v) is 18.3. The van der Waals surface area contributed by atoms with Crippen molar-refractivity contribution in [3.8, 4) is 0 Å². The predicted octanol–water partition coefficient (Wildman–Crippen LogP) is 20.1. The maximum absolute atomic E-state index is 12.2. The van der Waals surface area contributed by atoms with Crippen LogP contribution in [0.5, 0.6) is 0 Å². The third-order valence-corrected chi connectivity index (χ3v) is 12.6. The average molecular weight is 759 g/mol. The molecule has 0 aliphatic heterocycles. The second-order valence-electron chi connectivity index (χ2n) is 18.3. The fourth-order valence-corrected chi connectivity index (χ4v) is 8.69. The zero-order chi connectivity index (χ0) is 38.9. The first kappa shape index (κ1) is 53.7. The average Bonchev–Trinajstić information content (AvgIpc) is 3.18. The number of carbonyl (C=O) groups excluding carboxylic acids is 1. The van der Waals surface area contributed by atoms with Crippen LogP contribution in [-0.2, 0) is 4.79 Å². The van der Waals surface area contributed by atoms with E-state index in [2.05, 4.69) is 13.8 Å². The van der Waals surface area contributed by atoms with E-state index < -0.39 is 0 Å². The molecule has 1 nitrogen and oxygen atoms in total. The Balaban J connectivity index is 3.12. The van der Waals surface area contributed by atoms with Crippen molar-refractivity contribution in [1.29, 1.82) is 0 Å². The zero-order valence-electron chi connectivity index (χ0n) is 38.3. The SMILES string of the molecule is CCCCCCCCCCCCCCCCCCCCCCCCCCCCCCCCCCCC(=O)CCCCCCCCCCCCCCCCC. The molecule has 0 saturated heterocycles. The molecule has 0 unspecified atom stereocenters. The highest BCUT2D eigenvalue weighted by Crippen LogP contribution is 2.18. The minimum atomic E-state index is 0.533. The van der Waals surface area contributed by atoms with Gasteiger partial charge in [0.25, 0.3) is 0 Å². The lowest BCUT2D eigenvalue weighted by Gasteiger charge is -2.05. The zero-order valence-corrected chi connectivity index (χ0v) is 38.3. The van der Waals surface area contributed by atoms with Crippen LogP contribution in [0, 0.1) is 0 Å². The first-order valence-electron chi connectivity index (χ1n) is 26.3. The van der Waals surface area contributed by atoms with Crippen molar-refractivity contribution in [2.75, 3.05) is 0 Å². The summed E-state index contributed by atoms with van der Waals surface area (Å²) in [6.07, 6.45) is 70.3. The monoisotopic (exact) mass is 759 g/mol. The maximum Gasteiger partial charge on any atom is 0.132 e. The lowest BCUT2D eigenvalue weighted by molar-refractivity contribution is -0.119. The molecule has 54 heavy (non-hydrogen) atoms. The molecule has 0 atom stereocenters. The van der Waals surface area contributed by atoms with Crippen LogP contribution >= 0.6 is 0 Å². The van der Waals surface area contributed by atoms with E-state index in [1.54, 1.807) is 0 Å². The lowest BCUT2D eigenvalue weighted by Crippen LogP contribution is -1.97. The number of ketones is 1. The van der Waals surface area contributed by atoms with Gasteiger partial charge in [0, 0.05) is 12.8 Å². The van der Waals surface area contributed by atoms with E-state index in [1.807, 2.05) is 0 Å². The van der Waals surface area contributed by atoms with Crippen LogP contribution in [0.25, 0.3) is 0 Å². The minimum Gasteiger partial charge on any atom is -0.300 e. The van der Waals surface area contributed by atoms with Gasteiger partial charge in [-0.1, -0.05) is 309 Å².